The van der Waals surface area contributed by atoms with Gasteiger partial charge in [-0.25, -0.2) is 0 Å². The molecule has 23 heavy (non-hydrogen) atoms. The first kappa shape index (κ1) is 17.3. The Hall–Kier alpha value is -2.03. The zero-order valence-electron chi connectivity index (χ0n) is 13.2. The molecule has 0 radical (unpaired) electrons. The minimum Gasteiger partial charge on any atom is -0.492 e. The Morgan fingerprint density at radius 2 is 1.96 bits per heavy atom. The van der Waals surface area contributed by atoms with Crippen LogP contribution >= 0.6 is 15.9 Å². The van der Waals surface area contributed by atoms with E-state index in [0.717, 1.165) is 21.3 Å². The number of hydrogen-bond donors (Lipinski definition) is 1. The number of benzene rings is 2. The fraction of sp³-hybridized carbons (Fsp3) is 0.278. The Labute approximate surface area is 145 Å². The molecular weight excluding hydrogens is 356 g/mol. The fourth-order valence-corrected chi connectivity index (χ4v) is 2.94. The SMILES string of the molecule is CCOc1cc(CNCc2cccc(C#N)c2)cc(Br)c1OC. The molecule has 120 valence electrons. The van der Waals surface area contributed by atoms with Crippen LogP contribution in [0, 0.1) is 11.3 Å². The summed E-state index contributed by atoms with van der Waals surface area (Å²) in [4.78, 5) is 0. The van der Waals surface area contributed by atoms with Gasteiger partial charge in [-0.2, -0.15) is 5.26 Å². The molecule has 0 heterocycles. The second-order valence-corrected chi connectivity index (χ2v) is 5.81. The first-order valence-electron chi connectivity index (χ1n) is 7.37. The van der Waals surface area contributed by atoms with E-state index in [0.29, 0.717) is 31.0 Å². The molecule has 2 aromatic rings. The molecule has 0 fully saturated rings. The average molecular weight is 375 g/mol. The molecule has 1 N–H and O–H groups in total. The second-order valence-electron chi connectivity index (χ2n) is 4.96. The minimum absolute atomic E-state index is 0.584. The third-order valence-corrected chi connectivity index (χ3v) is 3.88. The van der Waals surface area contributed by atoms with E-state index in [1.807, 2.05) is 37.3 Å². The van der Waals surface area contributed by atoms with E-state index < -0.39 is 0 Å². The Balaban J connectivity index is 2.04. The average Bonchev–Trinajstić information content (AvgIpc) is 2.55. The molecule has 0 saturated carbocycles. The Kier molecular flexibility index (Phi) is 6.45. The van der Waals surface area contributed by atoms with Crippen LogP contribution in [0.15, 0.2) is 40.9 Å². The monoisotopic (exact) mass is 374 g/mol. The van der Waals surface area contributed by atoms with Crippen molar-refractivity contribution in [3.05, 3.63) is 57.6 Å². The van der Waals surface area contributed by atoms with E-state index in [-0.39, 0.29) is 0 Å². The van der Waals surface area contributed by atoms with Crippen molar-refractivity contribution in [2.24, 2.45) is 0 Å². The normalized spacial score (nSPS) is 10.2. The Morgan fingerprint density at radius 3 is 2.65 bits per heavy atom. The number of nitriles is 1. The van der Waals surface area contributed by atoms with Crippen molar-refractivity contribution >= 4 is 15.9 Å². The molecule has 2 rings (SSSR count). The first-order valence-corrected chi connectivity index (χ1v) is 8.16. The molecule has 4 nitrogen and oxygen atoms in total. The summed E-state index contributed by atoms with van der Waals surface area (Å²) in [5.41, 5.74) is 2.86. The zero-order chi connectivity index (χ0) is 16.7. The first-order chi connectivity index (χ1) is 11.2. The standard InChI is InChI=1S/C18H19BrN2O2/c1-3-23-17-9-15(8-16(19)18(17)22-2)12-21-11-14-6-4-5-13(7-14)10-20/h4-9,21H,3,11-12H2,1-2H3. The molecule has 0 unspecified atom stereocenters. The van der Waals surface area contributed by atoms with Gasteiger partial charge in [-0.1, -0.05) is 12.1 Å². The number of ether oxygens (including phenoxy) is 2. The Morgan fingerprint density at radius 1 is 1.17 bits per heavy atom. The smallest absolute Gasteiger partial charge is 0.174 e. The van der Waals surface area contributed by atoms with Crippen molar-refractivity contribution in [1.29, 1.82) is 5.26 Å². The molecule has 2 aromatic carbocycles. The zero-order valence-corrected chi connectivity index (χ0v) is 14.8. The summed E-state index contributed by atoms with van der Waals surface area (Å²) < 4.78 is 11.9. The van der Waals surface area contributed by atoms with Crippen LogP contribution in [-0.2, 0) is 13.1 Å². The van der Waals surface area contributed by atoms with Crippen LogP contribution in [0.1, 0.15) is 23.6 Å². The van der Waals surface area contributed by atoms with E-state index in [1.54, 1.807) is 13.2 Å². The van der Waals surface area contributed by atoms with Gasteiger partial charge in [0.1, 0.15) is 0 Å². The summed E-state index contributed by atoms with van der Waals surface area (Å²) in [6.45, 7) is 3.92. The molecule has 0 aliphatic heterocycles. The van der Waals surface area contributed by atoms with Crippen LogP contribution in [0.4, 0.5) is 0 Å². The predicted octanol–water partition coefficient (Wildman–Crippen LogP) is 4.02. The van der Waals surface area contributed by atoms with Crippen LogP contribution in [0.2, 0.25) is 0 Å². The highest BCUT2D eigenvalue weighted by Gasteiger charge is 2.11. The third kappa shape index (κ3) is 4.72. The summed E-state index contributed by atoms with van der Waals surface area (Å²) >= 11 is 3.52. The number of hydrogen-bond acceptors (Lipinski definition) is 4. The topological polar surface area (TPSA) is 54.3 Å². The highest BCUT2D eigenvalue weighted by Crippen LogP contribution is 2.36. The van der Waals surface area contributed by atoms with Gasteiger partial charge in [0.2, 0.25) is 0 Å². The molecule has 0 aliphatic carbocycles. The molecule has 0 atom stereocenters. The molecule has 0 amide bonds. The van der Waals surface area contributed by atoms with E-state index >= 15 is 0 Å². The fourth-order valence-electron chi connectivity index (χ4n) is 2.29. The van der Waals surface area contributed by atoms with E-state index in [2.05, 4.69) is 27.3 Å². The molecule has 0 bridgehead atoms. The summed E-state index contributed by atoms with van der Waals surface area (Å²) in [6.07, 6.45) is 0. The van der Waals surface area contributed by atoms with Crippen LogP contribution in [0.3, 0.4) is 0 Å². The molecule has 0 aliphatic rings. The van der Waals surface area contributed by atoms with Crippen molar-refractivity contribution in [1.82, 2.24) is 5.32 Å². The van der Waals surface area contributed by atoms with Gasteiger partial charge < -0.3 is 14.8 Å². The number of halogens is 1. The lowest BCUT2D eigenvalue weighted by molar-refractivity contribution is 0.309. The van der Waals surface area contributed by atoms with Gasteiger partial charge in [-0.05, 0) is 58.2 Å². The van der Waals surface area contributed by atoms with Gasteiger partial charge in [0, 0.05) is 13.1 Å². The highest BCUT2D eigenvalue weighted by atomic mass is 79.9. The Bertz CT molecular complexity index is 711. The van der Waals surface area contributed by atoms with Crippen LogP contribution in [0.5, 0.6) is 11.5 Å². The molecular formula is C18H19BrN2O2. The summed E-state index contributed by atoms with van der Waals surface area (Å²) in [5.74, 6) is 1.44. The van der Waals surface area contributed by atoms with Gasteiger partial charge in [0.05, 0.1) is 29.8 Å². The van der Waals surface area contributed by atoms with Gasteiger partial charge in [0.25, 0.3) is 0 Å². The van der Waals surface area contributed by atoms with Gasteiger partial charge >= 0.3 is 0 Å². The maximum absolute atomic E-state index is 8.93. The number of methoxy groups -OCH3 is 1. The van der Waals surface area contributed by atoms with E-state index in [9.17, 15) is 0 Å². The summed E-state index contributed by atoms with van der Waals surface area (Å²) in [6, 6.07) is 13.7. The van der Waals surface area contributed by atoms with Gasteiger partial charge in [-0.3, -0.25) is 0 Å². The minimum atomic E-state index is 0.584. The lowest BCUT2D eigenvalue weighted by Gasteiger charge is -2.13. The largest absolute Gasteiger partial charge is 0.492 e. The van der Waals surface area contributed by atoms with Crippen LogP contribution < -0.4 is 14.8 Å². The highest BCUT2D eigenvalue weighted by molar-refractivity contribution is 9.10. The van der Waals surface area contributed by atoms with Crippen LogP contribution in [0.25, 0.3) is 0 Å². The predicted molar refractivity (Wildman–Crippen MR) is 93.6 cm³/mol. The number of rotatable bonds is 7. The van der Waals surface area contributed by atoms with Gasteiger partial charge in [-0.15, -0.1) is 0 Å². The lowest BCUT2D eigenvalue weighted by atomic mass is 10.1. The number of nitrogens with one attached hydrogen (secondary N) is 1. The van der Waals surface area contributed by atoms with Crippen molar-refractivity contribution in [3.8, 4) is 17.6 Å². The van der Waals surface area contributed by atoms with E-state index in [1.165, 1.54) is 0 Å². The van der Waals surface area contributed by atoms with E-state index in [4.69, 9.17) is 14.7 Å². The third-order valence-electron chi connectivity index (χ3n) is 3.29. The van der Waals surface area contributed by atoms with Crippen molar-refractivity contribution in [2.75, 3.05) is 13.7 Å². The van der Waals surface area contributed by atoms with Crippen molar-refractivity contribution in [3.63, 3.8) is 0 Å². The molecule has 0 aromatic heterocycles. The second kappa shape index (κ2) is 8.56. The van der Waals surface area contributed by atoms with Crippen molar-refractivity contribution in [2.45, 2.75) is 20.0 Å². The maximum atomic E-state index is 8.93. The summed E-state index contributed by atoms with van der Waals surface area (Å²) in [5, 5.41) is 12.3. The quantitative estimate of drug-likeness (QED) is 0.794. The van der Waals surface area contributed by atoms with Crippen LogP contribution in [-0.4, -0.2) is 13.7 Å². The molecule has 5 heteroatoms. The van der Waals surface area contributed by atoms with Crippen molar-refractivity contribution < 1.29 is 9.47 Å². The lowest BCUT2D eigenvalue weighted by Crippen LogP contribution is -2.13. The molecule has 0 saturated heterocycles. The summed E-state index contributed by atoms with van der Waals surface area (Å²) in [7, 11) is 1.63. The van der Waals surface area contributed by atoms with Gasteiger partial charge in [0.15, 0.2) is 11.5 Å². The number of nitrogens with zero attached hydrogens (tertiary/aromatic N) is 1. The molecule has 0 spiro atoms. The maximum Gasteiger partial charge on any atom is 0.174 e.